The molecule has 1 amide bonds. The summed E-state index contributed by atoms with van der Waals surface area (Å²) in [6, 6.07) is 6.27. The molecule has 132 valence electrons. The Labute approximate surface area is 148 Å². The number of nitrogens with one attached hydrogen (secondary N) is 1. The van der Waals surface area contributed by atoms with Crippen LogP contribution in [0.3, 0.4) is 0 Å². The molecule has 0 saturated carbocycles. The van der Waals surface area contributed by atoms with Crippen molar-refractivity contribution in [2.75, 3.05) is 25.4 Å². The van der Waals surface area contributed by atoms with E-state index in [9.17, 15) is 20.0 Å². The molecule has 1 unspecified atom stereocenters. The van der Waals surface area contributed by atoms with Gasteiger partial charge < -0.3 is 5.11 Å². The van der Waals surface area contributed by atoms with Crippen LogP contribution in [0.15, 0.2) is 41.0 Å². The summed E-state index contributed by atoms with van der Waals surface area (Å²) in [5.74, 6) is 0.273. The van der Waals surface area contributed by atoms with Gasteiger partial charge in [-0.15, -0.1) is 0 Å². The predicted molar refractivity (Wildman–Crippen MR) is 95.2 cm³/mol. The number of carbonyl (C=O) groups is 1. The molecule has 1 atom stereocenters. The lowest BCUT2D eigenvalue weighted by atomic mass is 10.0. The summed E-state index contributed by atoms with van der Waals surface area (Å²) < 4.78 is 0. The number of nitro groups is 1. The number of nitrogens with zero attached hydrogens (tertiary/aromatic N) is 3. The molecule has 0 radical (unpaired) electrons. The van der Waals surface area contributed by atoms with Crippen LogP contribution in [-0.4, -0.2) is 51.3 Å². The molecule has 0 fully saturated rings. The van der Waals surface area contributed by atoms with Gasteiger partial charge in [-0.1, -0.05) is 30.0 Å². The van der Waals surface area contributed by atoms with Crippen LogP contribution in [0.25, 0.3) is 0 Å². The summed E-state index contributed by atoms with van der Waals surface area (Å²) in [6.07, 6.45) is 1.86. The Hall–Kier alpha value is -2.23. The van der Waals surface area contributed by atoms with Gasteiger partial charge in [-0.2, -0.15) is 5.10 Å². The molecular formula is C16H18N4O4S. The number of nitro benzene ring substituents is 1. The van der Waals surface area contributed by atoms with Gasteiger partial charge in [0.05, 0.1) is 22.3 Å². The van der Waals surface area contributed by atoms with Crippen molar-refractivity contribution in [1.82, 2.24) is 10.3 Å². The van der Waals surface area contributed by atoms with Gasteiger partial charge in [0, 0.05) is 25.7 Å². The highest BCUT2D eigenvalue weighted by molar-refractivity contribution is 8.15. The Balaban J connectivity index is 1.62. The number of thioether (sulfide) groups is 1. The summed E-state index contributed by atoms with van der Waals surface area (Å²) in [6.45, 7) is 1.67. The first-order valence-electron chi connectivity index (χ1n) is 7.87. The van der Waals surface area contributed by atoms with Gasteiger partial charge in [0.2, 0.25) is 0 Å². The Morgan fingerprint density at radius 2 is 2.24 bits per heavy atom. The Morgan fingerprint density at radius 3 is 2.88 bits per heavy atom. The zero-order chi connectivity index (χ0) is 17.8. The maximum atomic E-state index is 11.1. The molecule has 0 spiro atoms. The van der Waals surface area contributed by atoms with Crippen molar-refractivity contribution >= 4 is 28.4 Å². The second-order valence-corrected chi connectivity index (χ2v) is 6.78. The van der Waals surface area contributed by atoms with Crippen molar-refractivity contribution in [2.24, 2.45) is 5.10 Å². The van der Waals surface area contributed by atoms with E-state index < -0.39 is 11.0 Å². The summed E-state index contributed by atoms with van der Waals surface area (Å²) in [4.78, 5) is 23.8. The third-order valence-corrected chi connectivity index (χ3v) is 5.15. The molecule has 3 rings (SSSR count). The van der Waals surface area contributed by atoms with Crippen molar-refractivity contribution in [3.63, 3.8) is 0 Å². The van der Waals surface area contributed by atoms with Gasteiger partial charge in [0.25, 0.3) is 11.6 Å². The zero-order valence-corrected chi connectivity index (χ0v) is 14.2. The molecule has 1 aromatic carbocycles. The summed E-state index contributed by atoms with van der Waals surface area (Å²) in [5, 5.41) is 26.4. The van der Waals surface area contributed by atoms with E-state index in [4.69, 9.17) is 0 Å². The largest absolute Gasteiger partial charge is 0.387 e. The van der Waals surface area contributed by atoms with E-state index >= 15 is 0 Å². The minimum Gasteiger partial charge on any atom is -0.387 e. The second kappa shape index (κ2) is 7.77. The summed E-state index contributed by atoms with van der Waals surface area (Å²) in [5.41, 5.74) is 3.83. The van der Waals surface area contributed by atoms with Crippen LogP contribution < -0.4 is 5.43 Å². The molecular weight excluding hydrogens is 344 g/mol. The van der Waals surface area contributed by atoms with Crippen molar-refractivity contribution < 1.29 is 14.8 Å². The molecule has 2 heterocycles. The van der Waals surface area contributed by atoms with Crippen LogP contribution in [0.4, 0.5) is 5.69 Å². The minimum absolute atomic E-state index is 0.0630. The molecule has 8 nitrogen and oxygen atoms in total. The van der Waals surface area contributed by atoms with Gasteiger partial charge >= 0.3 is 0 Å². The van der Waals surface area contributed by atoms with E-state index in [0.29, 0.717) is 24.4 Å². The molecule has 25 heavy (non-hydrogen) atoms. The molecule has 1 aromatic rings. The van der Waals surface area contributed by atoms with Gasteiger partial charge in [0.15, 0.2) is 0 Å². The lowest BCUT2D eigenvalue weighted by molar-refractivity contribution is -0.386. The average molecular weight is 362 g/mol. The number of aliphatic hydroxyl groups excluding tert-OH is 1. The van der Waals surface area contributed by atoms with E-state index in [1.54, 1.807) is 18.2 Å². The minimum atomic E-state index is -0.919. The van der Waals surface area contributed by atoms with E-state index in [1.807, 2.05) is 11.0 Å². The van der Waals surface area contributed by atoms with Gasteiger partial charge in [-0.3, -0.25) is 19.8 Å². The van der Waals surface area contributed by atoms with Crippen LogP contribution in [-0.2, 0) is 4.79 Å². The van der Waals surface area contributed by atoms with E-state index in [2.05, 4.69) is 10.5 Å². The highest BCUT2D eigenvalue weighted by Crippen LogP contribution is 2.27. The molecule has 2 aliphatic heterocycles. The number of hydrogen-bond donors (Lipinski definition) is 2. The van der Waals surface area contributed by atoms with Crippen LogP contribution >= 0.6 is 11.8 Å². The number of aliphatic hydroxyl groups is 1. The van der Waals surface area contributed by atoms with Crippen LogP contribution in [0.5, 0.6) is 0 Å². The third-order valence-electron chi connectivity index (χ3n) is 4.11. The third kappa shape index (κ3) is 4.25. The zero-order valence-electron chi connectivity index (χ0n) is 13.4. The highest BCUT2D eigenvalue weighted by atomic mass is 32.2. The topological polar surface area (TPSA) is 108 Å². The molecule has 2 aliphatic rings. The van der Waals surface area contributed by atoms with Crippen molar-refractivity contribution in [2.45, 2.75) is 12.5 Å². The van der Waals surface area contributed by atoms with Crippen molar-refractivity contribution in [3.05, 3.63) is 51.6 Å². The first-order valence-corrected chi connectivity index (χ1v) is 8.85. The van der Waals surface area contributed by atoms with Crippen LogP contribution in [0.1, 0.15) is 18.1 Å². The molecule has 0 aliphatic carbocycles. The Bertz CT molecular complexity index is 749. The fourth-order valence-corrected chi connectivity index (χ4v) is 3.64. The monoisotopic (exact) mass is 362 g/mol. The van der Waals surface area contributed by atoms with Gasteiger partial charge in [-0.25, -0.2) is 5.43 Å². The number of hydrogen-bond acceptors (Lipinski definition) is 7. The van der Waals surface area contributed by atoms with Crippen molar-refractivity contribution in [1.29, 1.82) is 0 Å². The SMILES string of the molecule is O=C1CSC(C2=CCN(CC(O)c3ccccc3[N+](=O)[O-])CC2)=NN1. The number of hydrazone groups is 1. The maximum absolute atomic E-state index is 11.1. The first kappa shape index (κ1) is 17.6. The summed E-state index contributed by atoms with van der Waals surface area (Å²) in [7, 11) is 0. The van der Waals surface area contributed by atoms with E-state index in [-0.39, 0.29) is 11.6 Å². The normalized spacial score (nSPS) is 19.6. The highest BCUT2D eigenvalue weighted by Gasteiger charge is 2.24. The fourth-order valence-electron chi connectivity index (χ4n) is 2.83. The second-order valence-electron chi connectivity index (χ2n) is 5.81. The van der Waals surface area contributed by atoms with Crippen LogP contribution in [0, 0.1) is 10.1 Å². The Kier molecular flexibility index (Phi) is 5.47. The van der Waals surface area contributed by atoms with E-state index in [0.717, 1.165) is 23.6 Å². The van der Waals surface area contributed by atoms with Crippen molar-refractivity contribution in [3.8, 4) is 0 Å². The smallest absolute Gasteiger partial charge is 0.275 e. The number of benzene rings is 1. The fraction of sp³-hybridized carbons (Fsp3) is 0.375. The Morgan fingerprint density at radius 1 is 1.44 bits per heavy atom. The molecule has 0 saturated heterocycles. The molecule has 0 bridgehead atoms. The van der Waals surface area contributed by atoms with Gasteiger partial charge in [0.1, 0.15) is 5.04 Å². The van der Waals surface area contributed by atoms with Gasteiger partial charge in [-0.05, 0) is 18.1 Å². The molecule has 9 heteroatoms. The average Bonchev–Trinajstić information content (AvgIpc) is 2.63. The quantitative estimate of drug-likeness (QED) is 0.606. The first-order chi connectivity index (χ1) is 12.0. The number of carbonyl (C=O) groups excluding carboxylic acids is 1. The number of para-hydroxylation sites is 1. The van der Waals surface area contributed by atoms with Crippen LogP contribution in [0.2, 0.25) is 0 Å². The van der Waals surface area contributed by atoms with E-state index in [1.165, 1.54) is 17.8 Å². The number of amides is 1. The number of rotatable bonds is 5. The number of β-amino-alcohol motifs (C(OH)–C–C–N with tert-alkyl or cyclic N) is 1. The standard InChI is InChI=1S/C16H18N4O4S/c21-14(12-3-1-2-4-13(12)20(23)24)9-19-7-5-11(6-8-19)16-18-17-15(22)10-25-16/h1-5,14,21H,6-10H2,(H,17,22). The maximum Gasteiger partial charge on any atom is 0.275 e. The predicted octanol–water partition coefficient (Wildman–Crippen LogP) is 1.44. The summed E-state index contributed by atoms with van der Waals surface area (Å²) >= 11 is 1.42. The lowest BCUT2D eigenvalue weighted by Gasteiger charge is -2.28. The lowest BCUT2D eigenvalue weighted by Crippen LogP contribution is -2.35. The molecule has 2 N–H and O–H groups in total. The molecule has 0 aromatic heterocycles.